The van der Waals surface area contributed by atoms with Crippen LogP contribution in [0.15, 0.2) is 48.5 Å². The molecule has 0 spiro atoms. The number of nitrogens with one attached hydrogen (secondary N) is 1. The molecular formula is C22H27NO4. The maximum atomic E-state index is 12.5. The van der Waals surface area contributed by atoms with Crippen molar-refractivity contribution in [2.45, 2.75) is 19.9 Å². The number of carbonyl (C=O) groups is 1. The molecule has 2 aromatic carbocycles. The standard InChI is InChI=1S/C22H27NO4/c1-15(2)22(16-6-9-18(25-3)10-7-16)23-21(24)13-8-17-14-19(26-4)11-12-20(17)27-5/h6-15,22H,1-5H3,(H,23,24)/b13-8+/t22-/m1/s1. The molecule has 0 heterocycles. The van der Waals surface area contributed by atoms with Crippen LogP contribution in [0.1, 0.15) is 31.0 Å². The Morgan fingerprint density at radius 1 is 0.926 bits per heavy atom. The Bertz CT molecular complexity index is 781. The van der Waals surface area contributed by atoms with Crippen molar-refractivity contribution >= 4 is 12.0 Å². The number of methoxy groups -OCH3 is 3. The molecule has 1 atom stereocenters. The first-order valence-corrected chi connectivity index (χ1v) is 8.83. The van der Waals surface area contributed by atoms with E-state index in [0.29, 0.717) is 11.5 Å². The van der Waals surface area contributed by atoms with Gasteiger partial charge in [-0.3, -0.25) is 4.79 Å². The van der Waals surface area contributed by atoms with Crippen molar-refractivity contribution in [2.24, 2.45) is 5.92 Å². The topological polar surface area (TPSA) is 56.8 Å². The molecule has 0 aliphatic heterocycles. The number of benzene rings is 2. The monoisotopic (exact) mass is 369 g/mol. The number of rotatable bonds is 8. The molecule has 0 fully saturated rings. The molecule has 27 heavy (non-hydrogen) atoms. The van der Waals surface area contributed by atoms with Crippen LogP contribution in [0.5, 0.6) is 17.2 Å². The van der Waals surface area contributed by atoms with Crippen molar-refractivity contribution in [3.05, 3.63) is 59.7 Å². The number of carbonyl (C=O) groups excluding carboxylic acids is 1. The summed E-state index contributed by atoms with van der Waals surface area (Å²) in [4.78, 5) is 12.5. The van der Waals surface area contributed by atoms with Crippen LogP contribution in [0, 0.1) is 5.92 Å². The van der Waals surface area contributed by atoms with Gasteiger partial charge in [-0.15, -0.1) is 0 Å². The fourth-order valence-electron chi connectivity index (χ4n) is 2.78. The fourth-order valence-corrected chi connectivity index (χ4v) is 2.78. The highest BCUT2D eigenvalue weighted by Gasteiger charge is 2.17. The summed E-state index contributed by atoms with van der Waals surface area (Å²) in [6, 6.07) is 13.1. The van der Waals surface area contributed by atoms with E-state index in [1.807, 2.05) is 42.5 Å². The Kier molecular flexibility index (Phi) is 7.29. The van der Waals surface area contributed by atoms with Crippen LogP contribution in [-0.4, -0.2) is 27.2 Å². The Hall–Kier alpha value is -2.95. The zero-order chi connectivity index (χ0) is 19.8. The molecule has 0 aromatic heterocycles. The third kappa shape index (κ3) is 5.51. The van der Waals surface area contributed by atoms with Crippen LogP contribution in [0.2, 0.25) is 0 Å². The van der Waals surface area contributed by atoms with Crippen LogP contribution in [-0.2, 0) is 4.79 Å². The average molecular weight is 369 g/mol. The summed E-state index contributed by atoms with van der Waals surface area (Å²) in [5, 5.41) is 3.07. The lowest BCUT2D eigenvalue weighted by Gasteiger charge is -2.22. The predicted molar refractivity (Wildman–Crippen MR) is 107 cm³/mol. The predicted octanol–water partition coefficient (Wildman–Crippen LogP) is 4.24. The molecule has 0 saturated carbocycles. The van der Waals surface area contributed by atoms with Crippen molar-refractivity contribution in [1.29, 1.82) is 0 Å². The van der Waals surface area contributed by atoms with Gasteiger partial charge in [0.25, 0.3) is 0 Å². The van der Waals surface area contributed by atoms with E-state index >= 15 is 0 Å². The van der Waals surface area contributed by atoms with E-state index in [9.17, 15) is 4.79 Å². The molecule has 0 aliphatic rings. The molecule has 0 saturated heterocycles. The van der Waals surface area contributed by atoms with Gasteiger partial charge in [0.1, 0.15) is 17.2 Å². The van der Waals surface area contributed by atoms with Crippen LogP contribution < -0.4 is 19.5 Å². The van der Waals surface area contributed by atoms with E-state index < -0.39 is 0 Å². The summed E-state index contributed by atoms with van der Waals surface area (Å²) >= 11 is 0. The molecular weight excluding hydrogens is 342 g/mol. The molecule has 0 radical (unpaired) electrons. The second kappa shape index (κ2) is 9.67. The molecule has 5 heteroatoms. The van der Waals surface area contributed by atoms with Gasteiger partial charge in [-0.1, -0.05) is 26.0 Å². The van der Waals surface area contributed by atoms with Crippen LogP contribution >= 0.6 is 0 Å². The third-order valence-corrected chi connectivity index (χ3v) is 4.29. The maximum Gasteiger partial charge on any atom is 0.244 e. The van der Waals surface area contributed by atoms with Gasteiger partial charge in [0, 0.05) is 11.6 Å². The number of ether oxygens (including phenoxy) is 3. The zero-order valence-electron chi connectivity index (χ0n) is 16.5. The van der Waals surface area contributed by atoms with Gasteiger partial charge < -0.3 is 19.5 Å². The second-order valence-electron chi connectivity index (χ2n) is 6.44. The minimum atomic E-state index is -0.172. The van der Waals surface area contributed by atoms with Gasteiger partial charge in [-0.05, 0) is 47.9 Å². The summed E-state index contributed by atoms with van der Waals surface area (Å²) in [6.07, 6.45) is 3.23. The Labute approximate surface area is 161 Å². The molecule has 5 nitrogen and oxygen atoms in total. The highest BCUT2D eigenvalue weighted by Crippen LogP contribution is 2.26. The van der Waals surface area contributed by atoms with E-state index in [-0.39, 0.29) is 17.9 Å². The first-order valence-electron chi connectivity index (χ1n) is 8.83. The van der Waals surface area contributed by atoms with Crippen molar-refractivity contribution in [1.82, 2.24) is 5.32 Å². The summed E-state index contributed by atoms with van der Waals surface area (Å²) in [5.41, 5.74) is 1.81. The second-order valence-corrected chi connectivity index (χ2v) is 6.44. The molecule has 0 aliphatic carbocycles. The lowest BCUT2D eigenvalue weighted by atomic mass is 9.96. The Morgan fingerprint density at radius 3 is 2.11 bits per heavy atom. The van der Waals surface area contributed by atoms with E-state index in [1.54, 1.807) is 27.4 Å². The van der Waals surface area contributed by atoms with Crippen molar-refractivity contribution in [3.63, 3.8) is 0 Å². The smallest absolute Gasteiger partial charge is 0.244 e. The summed E-state index contributed by atoms with van der Waals surface area (Å²) in [6.45, 7) is 4.15. The highest BCUT2D eigenvalue weighted by molar-refractivity contribution is 5.92. The molecule has 1 amide bonds. The van der Waals surface area contributed by atoms with E-state index in [4.69, 9.17) is 14.2 Å². The zero-order valence-corrected chi connectivity index (χ0v) is 16.5. The minimum Gasteiger partial charge on any atom is -0.497 e. The van der Waals surface area contributed by atoms with Gasteiger partial charge in [-0.2, -0.15) is 0 Å². The third-order valence-electron chi connectivity index (χ3n) is 4.29. The lowest BCUT2D eigenvalue weighted by molar-refractivity contribution is -0.117. The van der Waals surface area contributed by atoms with Crippen LogP contribution in [0.4, 0.5) is 0 Å². The first kappa shape index (κ1) is 20.4. The molecule has 144 valence electrons. The minimum absolute atomic E-state index is 0.0970. The SMILES string of the molecule is COc1ccc([C@H](NC(=O)/C=C/c2cc(OC)ccc2OC)C(C)C)cc1. The molecule has 0 unspecified atom stereocenters. The van der Waals surface area contributed by atoms with Gasteiger partial charge in [0.05, 0.1) is 27.4 Å². The van der Waals surface area contributed by atoms with E-state index in [0.717, 1.165) is 16.9 Å². The van der Waals surface area contributed by atoms with Crippen molar-refractivity contribution < 1.29 is 19.0 Å². The molecule has 0 bridgehead atoms. The highest BCUT2D eigenvalue weighted by atomic mass is 16.5. The summed E-state index contributed by atoms with van der Waals surface area (Å²) in [5.74, 6) is 2.23. The van der Waals surface area contributed by atoms with Crippen LogP contribution in [0.3, 0.4) is 0 Å². The number of hydrogen-bond donors (Lipinski definition) is 1. The normalized spacial score (nSPS) is 12.1. The molecule has 1 N–H and O–H groups in total. The van der Waals surface area contributed by atoms with Gasteiger partial charge in [0.2, 0.25) is 5.91 Å². The van der Waals surface area contributed by atoms with Gasteiger partial charge in [0.15, 0.2) is 0 Å². The first-order chi connectivity index (χ1) is 13.0. The summed E-state index contributed by atoms with van der Waals surface area (Å²) < 4.78 is 15.8. The fraction of sp³-hybridized carbons (Fsp3) is 0.318. The lowest BCUT2D eigenvalue weighted by Crippen LogP contribution is -2.30. The van der Waals surface area contributed by atoms with E-state index in [1.165, 1.54) is 6.08 Å². The summed E-state index contributed by atoms with van der Waals surface area (Å²) in [7, 11) is 4.83. The number of amides is 1. The largest absolute Gasteiger partial charge is 0.497 e. The van der Waals surface area contributed by atoms with Crippen molar-refractivity contribution in [3.8, 4) is 17.2 Å². The Balaban J connectivity index is 2.15. The van der Waals surface area contributed by atoms with Crippen molar-refractivity contribution in [2.75, 3.05) is 21.3 Å². The number of hydrogen-bond acceptors (Lipinski definition) is 4. The average Bonchev–Trinajstić information content (AvgIpc) is 2.70. The van der Waals surface area contributed by atoms with Gasteiger partial charge in [-0.25, -0.2) is 0 Å². The molecule has 2 aromatic rings. The maximum absolute atomic E-state index is 12.5. The van der Waals surface area contributed by atoms with E-state index in [2.05, 4.69) is 19.2 Å². The van der Waals surface area contributed by atoms with Crippen LogP contribution in [0.25, 0.3) is 6.08 Å². The quantitative estimate of drug-likeness (QED) is 0.707. The molecule has 2 rings (SSSR count). The Morgan fingerprint density at radius 2 is 1.56 bits per heavy atom. The van der Waals surface area contributed by atoms with Gasteiger partial charge >= 0.3 is 0 Å².